The molecule has 0 aromatic carbocycles. The minimum absolute atomic E-state index is 0.250. The highest BCUT2D eigenvalue weighted by molar-refractivity contribution is 5.14. The van der Waals surface area contributed by atoms with Gasteiger partial charge in [0.05, 0.1) is 12.9 Å². The molecule has 0 aromatic heterocycles. The Hall–Kier alpha value is -0.900. The minimum atomic E-state index is 0.250. The van der Waals surface area contributed by atoms with Crippen molar-refractivity contribution in [3.63, 3.8) is 0 Å². The highest BCUT2D eigenvalue weighted by Gasteiger charge is 2.08. The zero-order valence-corrected chi connectivity index (χ0v) is 6.26. The summed E-state index contributed by atoms with van der Waals surface area (Å²) in [7, 11) is 0. The normalized spacial score (nSPS) is 20.2. The van der Waals surface area contributed by atoms with Crippen LogP contribution in [-0.4, -0.2) is 6.61 Å². The maximum atomic E-state index is 5.26. The fraction of sp³-hybridized carbons (Fsp3) is 0.556. The van der Waals surface area contributed by atoms with Gasteiger partial charge in [-0.15, -0.1) is 6.42 Å². The molecule has 0 saturated carbocycles. The first-order valence-corrected chi connectivity index (χ1v) is 3.61. The van der Waals surface area contributed by atoms with Crippen molar-refractivity contribution in [3.05, 3.63) is 11.8 Å². The fourth-order valence-electron chi connectivity index (χ4n) is 1.01. The van der Waals surface area contributed by atoms with Crippen LogP contribution in [0.4, 0.5) is 0 Å². The number of terminal acetylenes is 1. The van der Waals surface area contributed by atoms with E-state index in [1.165, 1.54) is 5.57 Å². The fourth-order valence-corrected chi connectivity index (χ4v) is 1.01. The Morgan fingerprint density at radius 3 is 3.10 bits per heavy atom. The molecule has 1 aliphatic rings. The summed E-state index contributed by atoms with van der Waals surface area (Å²) in [4.78, 5) is 0. The average Bonchev–Trinajstić information content (AvgIpc) is 2.05. The summed E-state index contributed by atoms with van der Waals surface area (Å²) in [5, 5.41) is 0. The second-order valence-corrected chi connectivity index (χ2v) is 2.56. The molecule has 0 amide bonds. The van der Waals surface area contributed by atoms with Crippen molar-refractivity contribution in [3.8, 4) is 12.3 Å². The van der Waals surface area contributed by atoms with Crippen molar-refractivity contribution in [2.45, 2.75) is 19.8 Å². The van der Waals surface area contributed by atoms with E-state index < -0.39 is 0 Å². The van der Waals surface area contributed by atoms with E-state index in [9.17, 15) is 0 Å². The summed E-state index contributed by atoms with van der Waals surface area (Å²) in [6.45, 7) is 2.88. The van der Waals surface area contributed by atoms with E-state index >= 15 is 0 Å². The molecule has 10 heavy (non-hydrogen) atoms. The largest absolute Gasteiger partial charge is 0.501 e. The molecule has 1 nitrogen and oxygen atoms in total. The van der Waals surface area contributed by atoms with Crippen molar-refractivity contribution in [2.75, 3.05) is 6.61 Å². The third-order valence-corrected chi connectivity index (χ3v) is 1.77. The second kappa shape index (κ2) is 3.31. The van der Waals surface area contributed by atoms with Gasteiger partial charge in [-0.1, -0.05) is 5.92 Å². The van der Waals surface area contributed by atoms with Crippen LogP contribution in [0, 0.1) is 18.3 Å². The molecule has 0 radical (unpaired) electrons. The van der Waals surface area contributed by atoms with Crippen molar-refractivity contribution in [1.82, 2.24) is 0 Å². The van der Waals surface area contributed by atoms with E-state index in [4.69, 9.17) is 11.2 Å². The number of ether oxygens (including phenoxy) is 1. The lowest BCUT2D eigenvalue weighted by molar-refractivity contribution is 0.221. The van der Waals surface area contributed by atoms with Gasteiger partial charge in [0.2, 0.25) is 0 Å². The number of allylic oxidation sites excluding steroid dienone is 1. The van der Waals surface area contributed by atoms with Crippen LogP contribution in [0.25, 0.3) is 0 Å². The highest BCUT2D eigenvalue weighted by atomic mass is 16.5. The Bertz CT molecular complexity index is 174. The summed E-state index contributed by atoms with van der Waals surface area (Å²) in [6.07, 6.45) is 9.28. The van der Waals surface area contributed by atoms with Gasteiger partial charge >= 0.3 is 0 Å². The van der Waals surface area contributed by atoms with Gasteiger partial charge in [-0.3, -0.25) is 0 Å². The highest BCUT2D eigenvalue weighted by Crippen LogP contribution is 2.19. The Labute approximate surface area is 62.1 Å². The molecule has 0 N–H and O–H groups in total. The van der Waals surface area contributed by atoms with Gasteiger partial charge in [0.25, 0.3) is 0 Å². The van der Waals surface area contributed by atoms with Crippen LogP contribution in [0.15, 0.2) is 11.8 Å². The first-order valence-electron chi connectivity index (χ1n) is 3.61. The number of hydrogen-bond acceptors (Lipinski definition) is 1. The van der Waals surface area contributed by atoms with Crippen LogP contribution < -0.4 is 0 Å². The van der Waals surface area contributed by atoms with Crippen molar-refractivity contribution in [2.24, 2.45) is 5.92 Å². The third kappa shape index (κ3) is 1.54. The molecule has 1 heterocycles. The molecule has 0 aliphatic carbocycles. The average molecular weight is 136 g/mol. The summed E-state index contributed by atoms with van der Waals surface area (Å²) < 4.78 is 5.15. The molecule has 0 spiro atoms. The van der Waals surface area contributed by atoms with Gasteiger partial charge in [-0.05, 0) is 25.3 Å². The Morgan fingerprint density at radius 1 is 1.80 bits per heavy atom. The molecule has 0 fully saturated rings. The smallest absolute Gasteiger partial charge is 0.0876 e. The van der Waals surface area contributed by atoms with Crippen LogP contribution in [0.2, 0.25) is 0 Å². The van der Waals surface area contributed by atoms with Crippen LogP contribution in [0.5, 0.6) is 0 Å². The summed E-state index contributed by atoms with van der Waals surface area (Å²) >= 11 is 0. The van der Waals surface area contributed by atoms with E-state index in [-0.39, 0.29) is 5.92 Å². The Balaban J connectivity index is 2.55. The van der Waals surface area contributed by atoms with Gasteiger partial charge in [0.15, 0.2) is 0 Å². The van der Waals surface area contributed by atoms with Crippen LogP contribution in [0.1, 0.15) is 19.8 Å². The van der Waals surface area contributed by atoms with Gasteiger partial charge in [-0.25, -0.2) is 0 Å². The molecular formula is C9H12O. The molecule has 1 aliphatic heterocycles. The van der Waals surface area contributed by atoms with E-state index in [0.29, 0.717) is 0 Å². The topological polar surface area (TPSA) is 9.23 Å². The maximum Gasteiger partial charge on any atom is 0.0876 e. The SMILES string of the molecule is C#CC(C)C1=COCCC1. The Kier molecular flexibility index (Phi) is 2.39. The first kappa shape index (κ1) is 7.21. The Morgan fingerprint density at radius 2 is 2.60 bits per heavy atom. The summed E-state index contributed by atoms with van der Waals surface area (Å²) in [6, 6.07) is 0. The number of rotatable bonds is 1. The summed E-state index contributed by atoms with van der Waals surface area (Å²) in [5.74, 6) is 2.94. The van der Waals surface area contributed by atoms with E-state index in [0.717, 1.165) is 19.4 Å². The van der Waals surface area contributed by atoms with Gasteiger partial charge in [0.1, 0.15) is 0 Å². The molecule has 0 saturated heterocycles. The third-order valence-electron chi connectivity index (χ3n) is 1.77. The summed E-state index contributed by atoms with van der Waals surface area (Å²) in [5.41, 5.74) is 1.26. The molecule has 0 aromatic rings. The lowest BCUT2D eigenvalue weighted by atomic mass is 9.98. The van der Waals surface area contributed by atoms with E-state index in [1.807, 2.05) is 13.2 Å². The van der Waals surface area contributed by atoms with Crippen molar-refractivity contribution >= 4 is 0 Å². The van der Waals surface area contributed by atoms with Crippen molar-refractivity contribution in [1.29, 1.82) is 0 Å². The molecule has 1 atom stereocenters. The lowest BCUT2D eigenvalue weighted by Crippen LogP contribution is -2.04. The van der Waals surface area contributed by atoms with Crippen LogP contribution in [-0.2, 0) is 4.74 Å². The molecular weight excluding hydrogens is 124 g/mol. The second-order valence-electron chi connectivity index (χ2n) is 2.56. The van der Waals surface area contributed by atoms with Gasteiger partial charge < -0.3 is 4.74 Å². The molecule has 1 unspecified atom stereocenters. The van der Waals surface area contributed by atoms with Crippen LogP contribution >= 0.6 is 0 Å². The molecule has 54 valence electrons. The minimum Gasteiger partial charge on any atom is -0.501 e. The number of hydrogen-bond donors (Lipinski definition) is 0. The van der Waals surface area contributed by atoms with Crippen LogP contribution in [0.3, 0.4) is 0 Å². The van der Waals surface area contributed by atoms with E-state index in [1.54, 1.807) is 0 Å². The lowest BCUT2D eigenvalue weighted by Gasteiger charge is -2.15. The zero-order chi connectivity index (χ0) is 7.40. The predicted octanol–water partition coefficient (Wildman–Crippen LogP) is 1.95. The quantitative estimate of drug-likeness (QED) is 0.501. The van der Waals surface area contributed by atoms with Gasteiger partial charge in [0, 0.05) is 5.92 Å². The monoisotopic (exact) mass is 136 g/mol. The maximum absolute atomic E-state index is 5.26. The van der Waals surface area contributed by atoms with E-state index in [2.05, 4.69) is 5.92 Å². The predicted molar refractivity (Wildman–Crippen MR) is 41.3 cm³/mol. The van der Waals surface area contributed by atoms with Crippen molar-refractivity contribution < 1.29 is 4.74 Å². The van der Waals surface area contributed by atoms with Gasteiger partial charge in [-0.2, -0.15) is 0 Å². The molecule has 1 heteroatoms. The molecule has 0 bridgehead atoms. The molecule has 1 rings (SSSR count). The first-order chi connectivity index (χ1) is 4.84. The standard InChI is InChI=1S/C9H12O/c1-3-8(2)9-5-4-6-10-7-9/h1,7-8H,4-6H2,2H3. The zero-order valence-electron chi connectivity index (χ0n) is 6.26.